The molecule has 0 aliphatic heterocycles. The van der Waals surface area contributed by atoms with Crippen LogP contribution in [0, 0.1) is 13.8 Å². The van der Waals surface area contributed by atoms with Crippen LogP contribution in [0.2, 0.25) is 0 Å². The molecule has 0 aliphatic carbocycles. The highest BCUT2D eigenvalue weighted by Crippen LogP contribution is 2.31. The summed E-state index contributed by atoms with van der Waals surface area (Å²) in [6.45, 7) is 6.26. The van der Waals surface area contributed by atoms with Crippen LogP contribution in [-0.2, 0) is 0 Å². The molecule has 3 aromatic rings. The van der Waals surface area contributed by atoms with E-state index in [4.69, 9.17) is 0 Å². The highest BCUT2D eigenvalue weighted by Gasteiger charge is 2.08. The van der Waals surface area contributed by atoms with Gasteiger partial charge >= 0.3 is 0 Å². The fraction of sp³-hybridized carbons (Fsp3) is 0.211. The summed E-state index contributed by atoms with van der Waals surface area (Å²) in [5.74, 6) is 0. The normalized spacial score (nSPS) is 11.4. The highest BCUT2D eigenvalue weighted by molar-refractivity contribution is 5.92. The minimum Gasteiger partial charge on any atom is -0.261 e. The van der Waals surface area contributed by atoms with Gasteiger partial charge in [-0.15, -0.1) is 0 Å². The molecular formula is C19H19N3. The molecule has 1 aromatic heterocycles. The Labute approximate surface area is 130 Å². The Morgan fingerprint density at radius 2 is 1.86 bits per heavy atom. The molecule has 0 bridgehead atoms. The van der Waals surface area contributed by atoms with E-state index < -0.39 is 0 Å². The van der Waals surface area contributed by atoms with Crippen molar-refractivity contribution in [2.24, 2.45) is 4.99 Å². The molecule has 0 saturated carbocycles. The number of aromatic nitrogens is 2. The predicted molar refractivity (Wildman–Crippen MR) is 92.9 cm³/mol. The monoisotopic (exact) mass is 289 g/mol. The lowest BCUT2D eigenvalue weighted by atomic mass is 9.99. The molecule has 3 nitrogen and oxygen atoms in total. The second-order valence-corrected chi connectivity index (χ2v) is 5.46. The Bertz CT molecular complexity index is 850. The van der Waals surface area contributed by atoms with Crippen molar-refractivity contribution in [1.29, 1.82) is 0 Å². The number of aliphatic imine (C=N–C) groups is 1. The van der Waals surface area contributed by atoms with Gasteiger partial charge in [0, 0.05) is 24.2 Å². The third-order valence-corrected chi connectivity index (χ3v) is 3.65. The van der Waals surface area contributed by atoms with Crippen molar-refractivity contribution in [2.45, 2.75) is 27.2 Å². The van der Waals surface area contributed by atoms with Gasteiger partial charge in [0.15, 0.2) is 0 Å². The first-order valence-corrected chi connectivity index (χ1v) is 7.54. The lowest BCUT2D eigenvalue weighted by molar-refractivity contribution is 1.28. The smallest absolute Gasteiger partial charge is 0.0965 e. The molecule has 22 heavy (non-hydrogen) atoms. The third-order valence-electron chi connectivity index (χ3n) is 3.65. The minimum absolute atomic E-state index is 0.927. The van der Waals surface area contributed by atoms with Crippen molar-refractivity contribution in [3.05, 3.63) is 53.9 Å². The topological polar surface area (TPSA) is 38.1 Å². The second-order valence-electron chi connectivity index (χ2n) is 5.46. The fourth-order valence-corrected chi connectivity index (χ4v) is 2.54. The molecule has 0 atom stereocenters. The highest BCUT2D eigenvalue weighted by atomic mass is 14.8. The van der Waals surface area contributed by atoms with E-state index in [9.17, 15) is 0 Å². The molecule has 110 valence electrons. The zero-order valence-electron chi connectivity index (χ0n) is 13.2. The minimum atomic E-state index is 0.927. The molecule has 0 amide bonds. The summed E-state index contributed by atoms with van der Waals surface area (Å²) in [6.07, 6.45) is 6.35. The van der Waals surface area contributed by atoms with Crippen LogP contribution in [0.15, 0.2) is 47.7 Å². The van der Waals surface area contributed by atoms with E-state index in [1.807, 2.05) is 6.21 Å². The molecule has 3 heteroatoms. The van der Waals surface area contributed by atoms with E-state index in [2.05, 4.69) is 66.1 Å². The van der Waals surface area contributed by atoms with Crippen molar-refractivity contribution < 1.29 is 0 Å². The predicted octanol–water partition coefficient (Wildman–Crippen LogP) is 5.03. The fourth-order valence-electron chi connectivity index (χ4n) is 2.54. The maximum Gasteiger partial charge on any atom is 0.0965 e. The number of nitrogens with zero attached hydrogens (tertiary/aromatic N) is 3. The Morgan fingerprint density at radius 3 is 2.68 bits per heavy atom. The number of benzene rings is 2. The molecule has 2 aromatic carbocycles. The molecule has 0 fully saturated rings. The molecule has 0 spiro atoms. The first-order valence-electron chi connectivity index (χ1n) is 7.54. The second kappa shape index (κ2) is 6.06. The van der Waals surface area contributed by atoms with Gasteiger partial charge < -0.3 is 0 Å². The molecule has 1 heterocycles. The van der Waals surface area contributed by atoms with Gasteiger partial charge in [-0.2, -0.15) is 0 Å². The number of hydrogen-bond acceptors (Lipinski definition) is 3. The summed E-state index contributed by atoms with van der Waals surface area (Å²) < 4.78 is 0. The van der Waals surface area contributed by atoms with Crippen molar-refractivity contribution in [3.63, 3.8) is 0 Å². The number of rotatable bonds is 3. The molecule has 0 saturated heterocycles. The van der Waals surface area contributed by atoms with E-state index in [1.54, 1.807) is 12.4 Å². The number of hydrogen-bond donors (Lipinski definition) is 0. The van der Waals surface area contributed by atoms with Crippen LogP contribution in [-0.4, -0.2) is 16.2 Å². The van der Waals surface area contributed by atoms with Gasteiger partial charge in [-0.3, -0.25) is 15.0 Å². The molecular weight excluding hydrogens is 270 g/mol. The van der Waals surface area contributed by atoms with E-state index in [0.29, 0.717) is 0 Å². The molecule has 0 unspecified atom stereocenters. The zero-order chi connectivity index (χ0) is 15.5. The standard InChI is InChI=1S/C19H19N3/c1-4-7-20-17-12-15(6-5-14(17)3)16-10-13(2)11-18-19(16)22-9-8-21-18/h5-12H,4H2,1-3H3. The van der Waals surface area contributed by atoms with Gasteiger partial charge in [0.2, 0.25) is 0 Å². The van der Waals surface area contributed by atoms with Crippen molar-refractivity contribution in [2.75, 3.05) is 0 Å². The van der Waals surface area contributed by atoms with E-state index in [1.165, 1.54) is 11.1 Å². The van der Waals surface area contributed by atoms with Crippen LogP contribution < -0.4 is 0 Å². The summed E-state index contributed by atoms with van der Waals surface area (Å²) >= 11 is 0. The summed E-state index contributed by atoms with van der Waals surface area (Å²) in [6, 6.07) is 10.6. The SMILES string of the molecule is CCC=Nc1cc(-c2cc(C)cc3nccnc23)ccc1C. The quantitative estimate of drug-likeness (QED) is 0.634. The van der Waals surface area contributed by atoms with Gasteiger partial charge in [-0.1, -0.05) is 19.1 Å². The summed E-state index contributed by atoms with van der Waals surface area (Å²) in [7, 11) is 0. The van der Waals surface area contributed by atoms with Crippen LogP contribution in [0.3, 0.4) is 0 Å². The summed E-state index contributed by atoms with van der Waals surface area (Å²) in [5.41, 5.74) is 7.47. The number of fused-ring (bicyclic) bond motifs is 1. The molecule has 0 aliphatic rings. The van der Waals surface area contributed by atoms with Gasteiger partial charge in [0.1, 0.15) is 0 Å². The molecule has 0 N–H and O–H groups in total. The van der Waals surface area contributed by atoms with E-state index in [0.717, 1.165) is 34.3 Å². The summed E-state index contributed by atoms with van der Waals surface area (Å²) in [4.78, 5) is 13.5. The zero-order valence-corrected chi connectivity index (χ0v) is 13.2. The van der Waals surface area contributed by atoms with Crippen LogP contribution >= 0.6 is 0 Å². The maximum absolute atomic E-state index is 4.55. The Hall–Kier alpha value is -2.55. The summed E-state index contributed by atoms with van der Waals surface area (Å²) in [5, 5.41) is 0. The largest absolute Gasteiger partial charge is 0.261 e. The van der Waals surface area contributed by atoms with Gasteiger partial charge in [0.05, 0.1) is 16.7 Å². The van der Waals surface area contributed by atoms with Crippen LogP contribution in [0.4, 0.5) is 5.69 Å². The van der Waals surface area contributed by atoms with Crippen LogP contribution in [0.1, 0.15) is 24.5 Å². The van der Waals surface area contributed by atoms with Gasteiger partial charge in [0.25, 0.3) is 0 Å². The third kappa shape index (κ3) is 2.75. The average molecular weight is 289 g/mol. The Balaban J connectivity index is 2.21. The maximum atomic E-state index is 4.55. The Morgan fingerprint density at radius 1 is 1.05 bits per heavy atom. The van der Waals surface area contributed by atoms with E-state index in [-0.39, 0.29) is 0 Å². The first kappa shape index (κ1) is 14.4. The van der Waals surface area contributed by atoms with Crippen molar-refractivity contribution >= 4 is 22.9 Å². The van der Waals surface area contributed by atoms with E-state index >= 15 is 0 Å². The van der Waals surface area contributed by atoms with Crippen LogP contribution in [0.5, 0.6) is 0 Å². The van der Waals surface area contributed by atoms with Crippen molar-refractivity contribution in [3.8, 4) is 11.1 Å². The Kier molecular flexibility index (Phi) is 3.96. The average Bonchev–Trinajstić information content (AvgIpc) is 2.53. The van der Waals surface area contributed by atoms with Crippen molar-refractivity contribution in [1.82, 2.24) is 9.97 Å². The van der Waals surface area contributed by atoms with Gasteiger partial charge in [-0.05, 0) is 55.2 Å². The number of aryl methyl sites for hydroxylation is 2. The van der Waals surface area contributed by atoms with Crippen LogP contribution in [0.25, 0.3) is 22.2 Å². The molecule has 3 rings (SSSR count). The lowest BCUT2D eigenvalue weighted by Gasteiger charge is -2.09. The molecule has 0 radical (unpaired) electrons. The van der Waals surface area contributed by atoms with Gasteiger partial charge in [-0.25, -0.2) is 0 Å². The first-order chi connectivity index (χ1) is 10.7. The lowest BCUT2D eigenvalue weighted by Crippen LogP contribution is -1.89.